The first-order valence-electron chi connectivity index (χ1n) is 5.57. The predicted molar refractivity (Wildman–Crippen MR) is 67.6 cm³/mol. The molecule has 0 saturated carbocycles. The number of morpholine rings is 1. The topological polar surface area (TPSA) is 38.2 Å². The van der Waals surface area contributed by atoms with E-state index in [9.17, 15) is 0 Å². The Bertz CT molecular complexity index is 540. The van der Waals surface area contributed by atoms with E-state index in [0.717, 1.165) is 43.0 Å². The minimum absolute atomic E-state index is 0.691. The van der Waals surface area contributed by atoms with E-state index >= 15 is 0 Å². The molecule has 3 heterocycles. The van der Waals surface area contributed by atoms with Crippen LogP contribution in [0.15, 0.2) is 24.5 Å². The second-order valence-electron chi connectivity index (χ2n) is 3.95. The van der Waals surface area contributed by atoms with Crippen molar-refractivity contribution in [1.82, 2.24) is 9.97 Å². The molecule has 1 saturated heterocycles. The number of hydrogen-bond donors (Lipinski definition) is 0. The number of anilines is 1. The fourth-order valence-electron chi connectivity index (χ4n) is 1.96. The average molecular weight is 250 g/mol. The first-order chi connectivity index (χ1) is 8.34. The Hall–Kier alpha value is -1.39. The normalized spacial score (nSPS) is 16.4. The van der Waals surface area contributed by atoms with Crippen LogP contribution in [0.2, 0.25) is 5.02 Å². The first-order valence-corrected chi connectivity index (χ1v) is 5.95. The highest BCUT2D eigenvalue weighted by Crippen LogP contribution is 2.24. The molecular weight excluding hydrogens is 238 g/mol. The smallest absolute Gasteiger partial charge is 0.130 e. The zero-order valence-corrected chi connectivity index (χ0v) is 10.0. The average Bonchev–Trinajstić information content (AvgIpc) is 2.40. The van der Waals surface area contributed by atoms with Gasteiger partial charge < -0.3 is 9.64 Å². The van der Waals surface area contributed by atoms with Crippen molar-refractivity contribution in [2.45, 2.75) is 0 Å². The van der Waals surface area contributed by atoms with Gasteiger partial charge in [-0.1, -0.05) is 11.6 Å². The van der Waals surface area contributed by atoms with Crippen LogP contribution in [0.3, 0.4) is 0 Å². The van der Waals surface area contributed by atoms with Gasteiger partial charge in [-0.05, 0) is 6.07 Å². The number of pyridine rings is 2. The number of ether oxygens (including phenoxy) is 1. The van der Waals surface area contributed by atoms with E-state index in [1.165, 1.54) is 0 Å². The molecule has 2 aromatic rings. The summed E-state index contributed by atoms with van der Waals surface area (Å²) >= 11 is 6.08. The molecular formula is C12H12ClN3O. The molecule has 0 amide bonds. The van der Waals surface area contributed by atoms with Gasteiger partial charge in [0.2, 0.25) is 0 Å². The molecule has 5 heteroatoms. The molecule has 2 aromatic heterocycles. The molecule has 0 radical (unpaired) electrons. The molecule has 0 atom stereocenters. The van der Waals surface area contributed by atoms with Gasteiger partial charge in [-0.25, -0.2) is 4.98 Å². The van der Waals surface area contributed by atoms with Gasteiger partial charge in [0.25, 0.3) is 0 Å². The summed E-state index contributed by atoms with van der Waals surface area (Å²) in [7, 11) is 0. The summed E-state index contributed by atoms with van der Waals surface area (Å²) in [6.07, 6.45) is 3.50. The molecule has 17 heavy (non-hydrogen) atoms. The highest BCUT2D eigenvalue weighted by molar-refractivity contribution is 6.35. The van der Waals surface area contributed by atoms with Gasteiger partial charge in [-0.15, -0.1) is 0 Å². The van der Waals surface area contributed by atoms with Crippen LogP contribution in [0.4, 0.5) is 5.82 Å². The summed E-state index contributed by atoms with van der Waals surface area (Å²) in [4.78, 5) is 11.0. The third-order valence-corrected chi connectivity index (χ3v) is 3.22. The van der Waals surface area contributed by atoms with Crippen LogP contribution in [0.5, 0.6) is 0 Å². The minimum atomic E-state index is 0.691. The standard InChI is InChI=1S/C12H12ClN3O/c13-10-1-2-14-11-7-12(15-8-9(10)11)16-3-5-17-6-4-16/h1-2,7-8H,3-6H2. The maximum Gasteiger partial charge on any atom is 0.130 e. The molecule has 4 nitrogen and oxygen atoms in total. The maximum atomic E-state index is 6.08. The van der Waals surface area contributed by atoms with Crippen molar-refractivity contribution in [1.29, 1.82) is 0 Å². The molecule has 0 N–H and O–H groups in total. The van der Waals surface area contributed by atoms with E-state index in [1.54, 1.807) is 18.5 Å². The molecule has 88 valence electrons. The Morgan fingerprint density at radius 2 is 2.06 bits per heavy atom. The first kappa shape index (κ1) is 10.7. The number of aromatic nitrogens is 2. The van der Waals surface area contributed by atoms with E-state index in [-0.39, 0.29) is 0 Å². The number of hydrogen-bond acceptors (Lipinski definition) is 4. The molecule has 3 rings (SSSR count). The lowest BCUT2D eigenvalue weighted by atomic mass is 10.2. The van der Waals surface area contributed by atoms with Crippen molar-refractivity contribution in [2.24, 2.45) is 0 Å². The third-order valence-electron chi connectivity index (χ3n) is 2.89. The number of rotatable bonds is 1. The molecule has 1 fully saturated rings. The molecule has 0 aliphatic carbocycles. The summed E-state index contributed by atoms with van der Waals surface area (Å²) in [6.45, 7) is 3.25. The highest BCUT2D eigenvalue weighted by Gasteiger charge is 2.13. The highest BCUT2D eigenvalue weighted by atomic mass is 35.5. The van der Waals surface area contributed by atoms with Crippen molar-refractivity contribution < 1.29 is 4.74 Å². The van der Waals surface area contributed by atoms with Gasteiger partial charge in [-0.2, -0.15) is 0 Å². The van der Waals surface area contributed by atoms with E-state index < -0.39 is 0 Å². The van der Waals surface area contributed by atoms with Gasteiger partial charge in [0, 0.05) is 36.9 Å². The van der Waals surface area contributed by atoms with Crippen molar-refractivity contribution in [3.05, 3.63) is 29.5 Å². The van der Waals surface area contributed by atoms with Crippen LogP contribution in [0, 0.1) is 0 Å². The SMILES string of the molecule is Clc1ccnc2cc(N3CCOCC3)ncc12. The summed E-state index contributed by atoms with van der Waals surface area (Å²) < 4.78 is 5.32. The lowest BCUT2D eigenvalue weighted by Gasteiger charge is -2.27. The van der Waals surface area contributed by atoms with Crippen molar-refractivity contribution in [3.8, 4) is 0 Å². The third kappa shape index (κ3) is 2.06. The number of fused-ring (bicyclic) bond motifs is 1. The second kappa shape index (κ2) is 4.47. The predicted octanol–water partition coefficient (Wildman–Crippen LogP) is 2.12. The Kier molecular flexibility index (Phi) is 2.82. The number of nitrogens with zero attached hydrogens (tertiary/aromatic N) is 3. The molecule has 0 spiro atoms. The second-order valence-corrected chi connectivity index (χ2v) is 4.36. The lowest BCUT2D eigenvalue weighted by molar-refractivity contribution is 0.122. The molecule has 0 aromatic carbocycles. The monoisotopic (exact) mass is 249 g/mol. The van der Waals surface area contributed by atoms with E-state index in [1.807, 2.05) is 6.07 Å². The Labute approximate surface area is 104 Å². The summed E-state index contributed by atoms with van der Waals surface area (Å²) in [6, 6.07) is 3.76. The fourth-order valence-corrected chi connectivity index (χ4v) is 2.17. The van der Waals surface area contributed by atoms with Gasteiger partial charge in [0.05, 0.1) is 23.8 Å². The zero-order valence-electron chi connectivity index (χ0n) is 9.27. The van der Waals surface area contributed by atoms with Gasteiger partial charge in [0.15, 0.2) is 0 Å². The van der Waals surface area contributed by atoms with E-state index in [2.05, 4.69) is 14.9 Å². The van der Waals surface area contributed by atoms with Crippen molar-refractivity contribution >= 4 is 28.3 Å². The molecule has 1 aliphatic heterocycles. The van der Waals surface area contributed by atoms with Gasteiger partial charge in [0.1, 0.15) is 5.82 Å². The molecule has 1 aliphatic rings. The zero-order chi connectivity index (χ0) is 11.7. The van der Waals surface area contributed by atoms with Crippen LogP contribution in [-0.2, 0) is 4.74 Å². The van der Waals surface area contributed by atoms with E-state index in [4.69, 9.17) is 16.3 Å². The van der Waals surface area contributed by atoms with Gasteiger partial charge in [-0.3, -0.25) is 4.98 Å². The van der Waals surface area contributed by atoms with Crippen molar-refractivity contribution in [3.63, 3.8) is 0 Å². The van der Waals surface area contributed by atoms with E-state index in [0.29, 0.717) is 5.02 Å². The Morgan fingerprint density at radius 1 is 1.24 bits per heavy atom. The van der Waals surface area contributed by atoms with Crippen LogP contribution in [0.1, 0.15) is 0 Å². The van der Waals surface area contributed by atoms with Gasteiger partial charge >= 0.3 is 0 Å². The van der Waals surface area contributed by atoms with Crippen LogP contribution in [-0.4, -0.2) is 36.3 Å². The molecule has 0 unspecified atom stereocenters. The Balaban J connectivity index is 2.01. The van der Waals surface area contributed by atoms with Crippen molar-refractivity contribution in [2.75, 3.05) is 31.2 Å². The van der Waals surface area contributed by atoms with Crippen LogP contribution in [0.25, 0.3) is 10.9 Å². The summed E-state index contributed by atoms with van der Waals surface area (Å²) in [5.74, 6) is 0.940. The summed E-state index contributed by atoms with van der Waals surface area (Å²) in [5, 5.41) is 1.59. The quantitative estimate of drug-likeness (QED) is 0.776. The molecule has 0 bridgehead atoms. The minimum Gasteiger partial charge on any atom is -0.378 e. The number of halogens is 1. The Morgan fingerprint density at radius 3 is 2.88 bits per heavy atom. The fraction of sp³-hybridized carbons (Fsp3) is 0.333. The van der Waals surface area contributed by atoms with Crippen LogP contribution < -0.4 is 4.90 Å². The largest absolute Gasteiger partial charge is 0.378 e. The maximum absolute atomic E-state index is 6.08. The van der Waals surface area contributed by atoms with Crippen LogP contribution >= 0.6 is 11.6 Å². The lowest BCUT2D eigenvalue weighted by Crippen LogP contribution is -2.36. The summed E-state index contributed by atoms with van der Waals surface area (Å²) in [5.41, 5.74) is 0.883.